The fraction of sp³-hybridized carbons (Fsp3) is 0.583. The average Bonchev–Trinajstić information content (AvgIpc) is 3.07. The van der Waals surface area contributed by atoms with Crippen LogP contribution in [0.3, 0.4) is 0 Å². The van der Waals surface area contributed by atoms with Crippen molar-refractivity contribution >= 4 is 11.8 Å². The molecule has 2 atom stereocenters. The van der Waals surface area contributed by atoms with Crippen LogP contribution in [-0.2, 0) is 7.05 Å². The van der Waals surface area contributed by atoms with Crippen LogP contribution in [-0.4, -0.2) is 49.9 Å². The molecular weight excluding hydrogens is 276 g/mol. The maximum absolute atomic E-state index is 6.14. The van der Waals surface area contributed by atoms with Gasteiger partial charge in [-0.2, -0.15) is 21.8 Å². The van der Waals surface area contributed by atoms with Crippen LogP contribution in [0.4, 0.5) is 0 Å². The Balaban J connectivity index is 1.79. The van der Waals surface area contributed by atoms with Crippen LogP contribution < -0.4 is 5.73 Å². The average molecular weight is 294 g/mol. The quantitative estimate of drug-likeness (QED) is 0.885. The first kappa shape index (κ1) is 13.6. The van der Waals surface area contributed by atoms with Gasteiger partial charge in [0.1, 0.15) is 6.04 Å². The zero-order valence-electron chi connectivity index (χ0n) is 11.6. The Labute approximate surface area is 121 Å². The van der Waals surface area contributed by atoms with Crippen LogP contribution in [0.5, 0.6) is 0 Å². The van der Waals surface area contributed by atoms with Gasteiger partial charge in [0, 0.05) is 36.9 Å². The molecule has 2 aromatic rings. The first-order valence-electron chi connectivity index (χ1n) is 6.51. The van der Waals surface area contributed by atoms with Crippen molar-refractivity contribution in [3.63, 3.8) is 0 Å². The highest BCUT2D eigenvalue weighted by Gasteiger charge is 2.27. The molecule has 3 heterocycles. The van der Waals surface area contributed by atoms with Gasteiger partial charge in [0.2, 0.25) is 5.89 Å². The molecule has 3 rings (SSSR count). The molecule has 1 saturated heterocycles. The van der Waals surface area contributed by atoms with Crippen molar-refractivity contribution in [1.29, 1.82) is 0 Å². The summed E-state index contributed by atoms with van der Waals surface area (Å²) in [7, 11) is 3.94. The Bertz CT molecular complexity index is 582. The molecule has 0 aromatic carbocycles. The molecule has 20 heavy (non-hydrogen) atoms. The van der Waals surface area contributed by atoms with E-state index in [0.717, 1.165) is 23.6 Å². The van der Waals surface area contributed by atoms with E-state index in [-0.39, 0.29) is 6.04 Å². The van der Waals surface area contributed by atoms with E-state index >= 15 is 0 Å². The monoisotopic (exact) mass is 294 g/mol. The van der Waals surface area contributed by atoms with E-state index in [1.54, 1.807) is 10.9 Å². The second-order valence-electron chi connectivity index (χ2n) is 4.99. The van der Waals surface area contributed by atoms with E-state index in [1.165, 1.54) is 0 Å². The summed E-state index contributed by atoms with van der Waals surface area (Å²) in [5, 5.41) is 8.20. The minimum absolute atomic E-state index is 0.201. The topological polar surface area (TPSA) is 86.0 Å². The highest BCUT2D eigenvalue weighted by molar-refractivity contribution is 7.99. The van der Waals surface area contributed by atoms with Crippen LogP contribution in [0, 0.1) is 0 Å². The van der Waals surface area contributed by atoms with Gasteiger partial charge in [0.25, 0.3) is 0 Å². The fourth-order valence-electron chi connectivity index (χ4n) is 2.21. The van der Waals surface area contributed by atoms with E-state index < -0.39 is 6.04 Å². The number of hydrogen-bond donors (Lipinski definition) is 1. The molecule has 7 nitrogen and oxygen atoms in total. The SMILES string of the molecule is CN1CCSCC1c1noc(C(N)c2cnn(C)c2)n1. The van der Waals surface area contributed by atoms with E-state index in [2.05, 4.69) is 27.2 Å². The van der Waals surface area contributed by atoms with Crippen LogP contribution in [0.1, 0.15) is 29.4 Å². The largest absolute Gasteiger partial charge is 0.337 e. The van der Waals surface area contributed by atoms with Crippen LogP contribution in [0.25, 0.3) is 0 Å². The summed E-state index contributed by atoms with van der Waals surface area (Å²) < 4.78 is 7.04. The molecular formula is C12H18N6OS. The van der Waals surface area contributed by atoms with Gasteiger partial charge in [-0.3, -0.25) is 9.58 Å². The second-order valence-corrected chi connectivity index (χ2v) is 6.14. The third kappa shape index (κ3) is 2.58. The van der Waals surface area contributed by atoms with Crippen molar-refractivity contribution in [3.05, 3.63) is 29.7 Å². The van der Waals surface area contributed by atoms with Crippen LogP contribution in [0.2, 0.25) is 0 Å². The van der Waals surface area contributed by atoms with Gasteiger partial charge in [0.05, 0.1) is 12.2 Å². The maximum Gasteiger partial charge on any atom is 0.248 e. The smallest absolute Gasteiger partial charge is 0.248 e. The molecule has 1 aliphatic heterocycles. The van der Waals surface area contributed by atoms with E-state index in [9.17, 15) is 0 Å². The standard InChI is InChI=1S/C12H18N6OS/c1-17-3-4-20-7-9(17)11-15-12(19-16-11)10(13)8-5-14-18(2)6-8/h5-6,9-10H,3-4,7,13H2,1-2H3. The third-order valence-corrected chi connectivity index (χ3v) is 4.52. The van der Waals surface area contributed by atoms with Crippen LogP contribution in [0.15, 0.2) is 16.9 Å². The predicted octanol–water partition coefficient (Wildman–Crippen LogP) is 0.571. The molecule has 8 heteroatoms. The van der Waals surface area contributed by atoms with Crippen molar-refractivity contribution in [2.24, 2.45) is 12.8 Å². The first-order chi connectivity index (χ1) is 9.65. The van der Waals surface area contributed by atoms with Gasteiger partial charge in [-0.05, 0) is 7.05 Å². The fourth-order valence-corrected chi connectivity index (χ4v) is 3.42. The Morgan fingerprint density at radius 1 is 1.50 bits per heavy atom. The Hall–Kier alpha value is -1.38. The normalized spacial score (nSPS) is 22.1. The van der Waals surface area contributed by atoms with Gasteiger partial charge < -0.3 is 10.3 Å². The summed E-state index contributed by atoms with van der Waals surface area (Å²) in [5.74, 6) is 3.29. The molecule has 0 spiro atoms. The van der Waals surface area contributed by atoms with Crippen molar-refractivity contribution in [2.75, 3.05) is 25.1 Å². The first-order valence-corrected chi connectivity index (χ1v) is 7.66. The van der Waals surface area contributed by atoms with Crippen LogP contribution >= 0.6 is 11.8 Å². The van der Waals surface area contributed by atoms with Crippen molar-refractivity contribution in [1.82, 2.24) is 24.8 Å². The minimum Gasteiger partial charge on any atom is -0.337 e. The van der Waals surface area contributed by atoms with E-state index in [1.807, 2.05) is 25.0 Å². The number of hydrogen-bond acceptors (Lipinski definition) is 7. The molecule has 0 bridgehead atoms. The molecule has 2 aromatic heterocycles. The molecule has 1 aliphatic rings. The minimum atomic E-state index is -0.425. The van der Waals surface area contributed by atoms with Gasteiger partial charge in [-0.1, -0.05) is 5.16 Å². The van der Waals surface area contributed by atoms with Crippen molar-refractivity contribution < 1.29 is 4.52 Å². The van der Waals surface area contributed by atoms with Gasteiger partial charge in [-0.25, -0.2) is 0 Å². The lowest BCUT2D eigenvalue weighted by molar-refractivity contribution is 0.256. The second kappa shape index (κ2) is 5.55. The van der Waals surface area contributed by atoms with E-state index in [4.69, 9.17) is 10.3 Å². The lowest BCUT2D eigenvalue weighted by Gasteiger charge is -2.29. The lowest BCUT2D eigenvalue weighted by atomic mass is 10.2. The number of nitrogens with two attached hydrogens (primary N) is 1. The molecule has 2 N–H and O–H groups in total. The van der Waals surface area contributed by atoms with Crippen molar-refractivity contribution in [2.45, 2.75) is 12.1 Å². The number of nitrogens with zero attached hydrogens (tertiary/aromatic N) is 5. The zero-order valence-corrected chi connectivity index (χ0v) is 12.4. The molecule has 2 unspecified atom stereocenters. The number of thioether (sulfide) groups is 1. The van der Waals surface area contributed by atoms with E-state index in [0.29, 0.717) is 11.7 Å². The molecule has 0 amide bonds. The summed E-state index contributed by atoms with van der Waals surface area (Å²) >= 11 is 1.91. The zero-order chi connectivity index (χ0) is 14.1. The molecule has 1 fully saturated rings. The Morgan fingerprint density at radius 2 is 2.35 bits per heavy atom. The summed E-state index contributed by atoms with van der Waals surface area (Å²) in [4.78, 5) is 6.73. The van der Waals surface area contributed by atoms with Crippen molar-refractivity contribution in [3.8, 4) is 0 Å². The highest BCUT2D eigenvalue weighted by Crippen LogP contribution is 2.27. The summed E-state index contributed by atoms with van der Waals surface area (Å²) in [6, 6.07) is -0.223. The molecule has 0 aliphatic carbocycles. The van der Waals surface area contributed by atoms with Gasteiger partial charge >= 0.3 is 0 Å². The summed E-state index contributed by atoms with van der Waals surface area (Å²) in [6.45, 7) is 1.04. The Morgan fingerprint density at radius 3 is 3.05 bits per heavy atom. The highest BCUT2D eigenvalue weighted by atomic mass is 32.2. The summed E-state index contributed by atoms with van der Waals surface area (Å²) in [5.41, 5.74) is 7.01. The lowest BCUT2D eigenvalue weighted by Crippen LogP contribution is -2.33. The molecule has 0 radical (unpaired) electrons. The number of rotatable bonds is 3. The molecule has 108 valence electrons. The Kier molecular flexibility index (Phi) is 3.77. The number of aryl methyl sites for hydroxylation is 1. The van der Waals surface area contributed by atoms with Gasteiger partial charge in [-0.15, -0.1) is 0 Å². The predicted molar refractivity (Wildman–Crippen MR) is 76.2 cm³/mol. The molecule has 0 saturated carbocycles. The van der Waals surface area contributed by atoms with Gasteiger partial charge in [0.15, 0.2) is 5.82 Å². The third-order valence-electron chi connectivity index (χ3n) is 3.50. The maximum atomic E-state index is 6.14. The summed E-state index contributed by atoms with van der Waals surface area (Å²) in [6.07, 6.45) is 3.58. The number of aromatic nitrogens is 4.